The lowest BCUT2D eigenvalue weighted by Gasteiger charge is -2.22. The molecule has 0 aliphatic heterocycles. The van der Waals surface area contributed by atoms with Crippen molar-refractivity contribution in [1.29, 1.82) is 10.8 Å². The quantitative estimate of drug-likeness (QED) is 0.442. The highest BCUT2D eigenvalue weighted by atomic mass is 35.5. The van der Waals surface area contributed by atoms with Gasteiger partial charge in [-0.2, -0.15) is 0 Å². The van der Waals surface area contributed by atoms with Gasteiger partial charge in [-0.25, -0.2) is 0 Å². The fraction of sp³-hybridized carbons (Fsp3) is 0.200. The van der Waals surface area contributed by atoms with Crippen molar-refractivity contribution in [2.24, 2.45) is 5.73 Å². The summed E-state index contributed by atoms with van der Waals surface area (Å²) in [6.07, 6.45) is 0. The molecule has 1 aromatic carbocycles. The lowest BCUT2D eigenvalue weighted by Crippen LogP contribution is -2.44. The smallest absolute Gasteiger partial charge is 0.202 e. The molecule has 0 bridgehead atoms. The van der Waals surface area contributed by atoms with E-state index in [2.05, 4.69) is 5.32 Å². The maximum Gasteiger partial charge on any atom is 0.202 e. The van der Waals surface area contributed by atoms with Crippen molar-refractivity contribution in [2.75, 3.05) is 11.9 Å². The van der Waals surface area contributed by atoms with Crippen LogP contribution >= 0.6 is 11.6 Å². The zero-order valence-corrected chi connectivity index (χ0v) is 9.89. The van der Waals surface area contributed by atoms with Gasteiger partial charge in [0.25, 0.3) is 0 Å². The van der Waals surface area contributed by atoms with Crippen molar-refractivity contribution >= 4 is 29.2 Å². The van der Waals surface area contributed by atoms with Crippen LogP contribution in [0.4, 0.5) is 5.69 Å². The Kier molecular flexibility index (Phi) is 3.73. The number of hydrogen-bond acceptors (Lipinski definition) is 2. The first kappa shape index (κ1) is 12.3. The van der Waals surface area contributed by atoms with Crippen molar-refractivity contribution in [3.05, 3.63) is 28.8 Å². The Morgan fingerprint density at radius 1 is 1.44 bits per heavy atom. The lowest BCUT2D eigenvalue weighted by molar-refractivity contribution is 1.10. The van der Waals surface area contributed by atoms with Crippen LogP contribution in [0, 0.1) is 17.7 Å². The molecule has 0 aliphatic rings. The average molecular weight is 240 g/mol. The Bertz CT molecular complexity index is 429. The molecule has 0 aliphatic carbocycles. The number of aryl methyl sites for hydroxylation is 1. The maximum atomic E-state index is 7.67. The molecule has 5 nitrogen and oxygen atoms in total. The number of nitrogens with one attached hydrogen (secondary N) is 3. The molecule has 16 heavy (non-hydrogen) atoms. The molecule has 0 fully saturated rings. The normalized spacial score (nSPS) is 9.69. The minimum Gasteiger partial charge on any atom is -0.370 e. The fourth-order valence-electron chi connectivity index (χ4n) is 1.33. The summed E-state index contributed by atoms with van der Waals surface area (Å²) in [5.74, 6) is -0.221. The van der Waals surface area contributed by atoms with E-state index in [0.29, 0.717) is 5.02 Å². The standard InChI is InChI=1S/C10H14ClN5/c1-6-5-7(11)3-4-8(6)16(2)10(14)15-9(12)13/h3-5H,1-2H3,(H5,12,13,14,15). The van der Waals surface area contributed by atoms with E-state index in [1.165, 1.54) is 0 Å². The zero-order valence-electron chi connectivity index (χ0n) is 9.13. The van der Waals surface area contributed by atoms with E-state index in [9.17, 15) is 0 Å². The van der Waals surface area contributed by atoms with Gasteiger partial charge < -0.3 is 10.6 Å². The molecule has 0 amide bonds. The molecule has 0 atom stereocenters. The van der Waals surface area contributed by atoms with Crippen molar-refractivity contribution in [3.8, 4) is 0 Å². The molecule has 1 aromatic rings. The highest BCUT2D eigenvalue weighted by molar-refractivity contribution is 6.30. The summed E-state index contributed by atoms with van der Waals surface area (Å²) in [5.41, 5.74) is 6.94. The lowest BCUT2D eigenvalue weighted by atomic mass is 10.2. The molecular weight excluding hydrogens is 226 g/mol. The SMILES string of the molecule is Cc1cc(Cl)ccc1N(C)C(=N)NC(=N)N. The van der Waals surface area contributed by atoms with Crippen LogP contribution in [0.2, 0.25) is 5.02 Å². The Labute approximate surface area is 99.2 Å². The van der Waals surface area contributed by atoms with E-state index < -0.39 is 0 Å². The summed E-state index contributed by atoms with van der Waals surface area (Å²) < 4.78 is 0. The van der Waals surface area contributed by atoms with Gasteiger partial charge in [-0.15, -0.1) is 0 Å². The van der Waals surface area contributed by atoms with Crippen LogP contribution in [0.15, 0.2) is 18.2 Å². The third-order valence-electron chi connectivity index (χ3n) is 2.11. The molecule has 0 unspecified atom stereocenters. The number of anilines is 1. The number of nitrogens with two attached hydrogens (primary N) is 1. The second-order valence-electron chi connectivity index (χ2n) is 3.38. The van der Waals surface area contributed by atoms with Crippen LogP contribution in [0.5, 0.6) is 0 Å². The number of hydrogen-bond donors (Lipinski definition) is 4. The van der Waals surface area contributed by atoms with E-state index in [0.717, 1.165) is 11.3 Å². The van der Waals surface area contributed by atoms with Gasteiger partial charge in [-0.05, 0) is 30.7 Å². The molecule has 0 aromatic heterocycles. The molecule has 5 N–H and O–H groups in total. The topological polar surface area (TPSA) is 89.0 Å². The summed E-state index contributed by atoms with van der Waals surface area (Å²) in [4.78, 5) is 1.59. The van der Waals surface area contributed by atoms with Gasteiger partial charge in [0, 0.05) is 17.8 Å². The Morgan fingerprint density at radius 2 is 2.06 bits per heavy atom. The molecule has 0 spiro atoms. The third kappa shape index (κ3) is 2.87. The molecule has 0 heterocycles. The first-order chi connectivity index (χ1) is 7.41. The van der Waals surface area contributed by atoms with E-state index in [1.54, 1.807) is 18.0 Å². The molecule has 0 radical (unpaired) electrons. The summed E-state index contributed by atoms with van der Waals surface area (Å²) in [6.45, 7) is 1.90. The predicted octanol–water partition coefficient (Wildman–Crippen LogP) is 1.50. The van der Waals surface area contributed by atoms with E-state index >= 15 is 0 Å². The highest BCUT2D eigenvalue weighted by Crippen LogP contribution is 2.22. The Hall–Kier alpha value is -1.75. The second kappa shape index (κ2) is 4.85. The van der Waals surface area contributed by atoms with Crippen molar-refractivity contribution < 1.29 is 0 Å². The predicted molar refractivity (Wildman–Crippen MR) is 67.4 cm³/mol. The first-order valence-corrected chi connectivity index (χ1v) is 4.99. The summed E-state index contributed by atoms with van der Waals surface area (Å²) in [7, 11) is 1.72. The van der Waals surface area contributed by atoms with Crippen LogP contribution in [-0.4, -0.2) is 19.0 Å². The minimum absolute atomic E-state index is 0.0397. The molecule has 0 saturated carbocycles. The second-order valence-corrected chi connectivity index (χ2v) is 3.81. The van der Waals surface area contributed by atoms with Gasteiger partial charge in [0.1, 0.15) is 0 Å². The summed E-state index contributed by atoms with van der Waals surface area (Å²) >= 11 is 5.84. The molecular formula is C10H14ClN5. The fourth-order valence-corrected chi connectivity index (χ4v) is 1.55. The van der Waals surface area contributed by atoms with Gasteiger partial charge in [-0.1, -0.05) is 11.6 Å². The number of rotatable bonds is 1. The minimum atomic E-state index is -0.261. The van der Waals surface area contributed by atoms with Crippen LogP contribution in [0.3, 0.4) is 0 Å². The van der Waals surface area contributed by atoms with Gasteiger partial charge in [0.15, 0.2) is 5.96 Å². The highest BCUT2D eigenvalue weighted by Gasteiger charge is 2.10. The zero-order chi connectivity index (χ0) is 12.3. The number of guanidine groups is 2. The number of halogens is 1. The van der Waals surface area contributed by atoms with Crippen LogP contribution in [-0.2, 0) is 0 Å². The van der Waals surface area contributed by atoms with Crippen molar-refractivity contribution in [1.82, 2.24) is 5.32 Å². The molecule has 6 heteroatoms. The molecule has 0 saturated heterocycles. The van der Waals surface area contributed by atoms with E-state index in [1.807, 2.05) is 19.1 Å². The maximum absolute atomic E-state index is 7.67. The van der Waals surface area contributed by atoms with Crippen LogP contribution < -0.4 is 16.0 Å². The van der Waals surface area contributed by atoms with Gasteiger partial charge in [0.05, 0.1) is 0 Å². The van der Waals surface area contributed by atoms with Gasteiger partial charge >= 0.3 is 0 Å². The Morgan fingerprint density at radius 3 is 2.56 bits per heavy atom. The monoisotopic (exact) mass is 239 g/mol. The molecule has 86 valence electrons. The van der Waals surface area contributed by atoms with Crippen LogP contribution in [0.1, 0.15) is 5.56 Å². The average Bonchev–Trinajstić information content (AvgIpc) is 2.15. The Balaban J connectivity index is 2.91. The van der Waals surface area contributed by atoms with Gasteiger partial charge in [-0.3, -0.25) is 16.1 Å². The number of nitrogens with zero attached hydrogens (tertiary/aromatic N) is 1. The van der Waals surface area contributed by atoms with Gasteiger partial charge in [0.2, 0.25) is 5.96 Å². The third-order valence-corrected chi connectivity index (χ3v) is 2.34. The van der Waals surface area contributed by atoms with E-state index in [4.69, 9.17) is 28.2 Å². The number of benzene rings is 1. The summed E-state index contributed by atoms with van der Waals surface area (Å²) in [6, 6.07) is 5.38. The van der Waals surface area contributed by atoms with Crippen LogP contribution in [0.25, 0.3) is 0 Å². The van der Waals surface area contributed by atoms with Crippen molar-refractivity contribution in [2.45, 2.75) is 6.92 Å². The molecule has 1 rings (SSSR count). The van der Waals surface area contributed by atoms with E-state index in [-0.39, 0.29) is 11.9 Å². The first-order valence-electron chi connectivity index (χ1n) is 4.61. The summed E-state index contributed by atoms with van der Waals surface area (Å²) in [5, 5.41) is 17.8. The van der Waals surface area contributed by atoms with Crippen molar-refractivity contribution in [3.63, 3.8) is 0 Å². The largest absolute Gasteiger partial charge is 0.370 e.